The second-order valence-electron chi connectivity index (χ2n) is 3.92. The minimum Gasteiger partial charge on any atom is -0.445 e. The first-order chi connectivity index (χ1) is 7.70. The third kappa shape index (κ3) is 2.14. The van der Waals surface area contributed by atoms with Gasteiger partial charge in [-0.1, -0.05) is 29.8 Å². The van der Waals surface area contributed by atoms with E-state index in [4.69, 9.17) is 10.2 Å². The molecule has 1 heterocycles. The third-order valence-electron chi connectivity index (χ3n) is 2.52. The summed E-state index contributed by atoms with van der Waals surface area (Å²) in [6.45, 7) is 4.56. The van der Waals surface area contributed by atoms with E-state index in [0.29, 0.717) is 13.0 Å². The molecule has 0 atom stereocenters. The van der Waals surface area contributed by atoms with Crippen LogP contribution in [0.2, 0.25) is 0 Å². The fourth-order valence-electron chi connectivity index (χ4n) is 1.66. The molecule has 1 aromatic carbocycles. The van der Waals surface area contributed by atoms with E-state index in [1.165, 1.54) is 5.56 Å². The Morgan fingerprint density at radius 3 is 2.50 bits per heavy atom. The van der Waals surface area contributed by atoms with Crippen molar-refractivity contribution in [3.05, 3.63) is 41.5 Å². The molecule has 84 valence electrons. The van der Waals surface area contributed by atoms with Gasteiger partial charge < -0.3 is 10.2 Å². The van der Waals surface area contributed by atoms with Crippen LogP contribution in [0.4, 0.5) is 0 Å². The van der Waals surface area contributed by atoms with Crippen molar-refractivity contribution >= 4 is 0 Å². The molecular formula is C13H16N2O. The van der Waals surface area contributed by atoms with Crippen LogP contribution in [0.5, 0.6) is 0 Å². The number of nitrogens with zero attached hydrogens (tertiary/aromatic N) is 1. The Labute approximate surface area is 95.3 Å². The molecule has 0 radical (unpaired) electrons. The topological polar surface area (TPSA) is 52.0 Å². The maximum atomic E-state index is 5.55. The van der Waals surface area contributed by atoms with E-state index < -0.39 is 0 Å². The summed E-state index contributed by atoms with van der Waals surface area (Å²) in [5.74, 6) is 1.57. The predicted octanol–water partition coefficient (Wildman–Crippen LogP) is 2.46. The van der Waals surface area contributed by atoms with E-state index in [2.05, 4.69) is 36.2 Å². The molecule has 0 saturated carbocycles. The van der Waals surface area contributed by atoms with Gasteiger partial charge in [-0.2, -0.15) is 0 Å². The number of hydrogen-bond acceptors (Lipinski definition) is 3. The van der Waals surface area contributed by atoms with Crippen molar-refractivity contribution in [2.24, 2.45) is 5.73 Å². The highest BCUT2D eigenvalue weighted by Gasteiger charge is 2.10. The molecule has 3 nitrogen and oxygen atoms in total. The average Bonchev–Trinajstić information content (AvgIpc) is 2.61. The fourth-order valence-corrected chi connectivity index (χ4v) is 1.66. The Bertz CT molecular complexity index is 471. The van der Waals surface area contributed by atoms with E-state index in [0.717, 1.165) is 22.9 Å². The predicted molar refractivity (Wildman–Crippen MR) is 64.2 cm³/mol. The smallest absolute Gasteiger partial charge is 0.196 e. The molecule has 0 bridgehead atoms. The molecule has 16 heavy (non-hydrogen) atoms. The van der Waals surface area contributed by atoms with Crippen LogP contribution in [-0.2, 0) is 6.42 Å². The Balaban J connectivity index is 2.36. The molecule has 2 aromatic rings. The highest BCUT2D eigenvalue weighted by molar-refractivity contribution is 5.61. The molecule has 0 amide bonds. The largest absolute Gasteiger partial charge is 0.445 e. The Kier molecular flexibility index (Phi) is 3.06. The van der Waals surface area contributed by atoms with Crippen molar-refractivity contribution < 1.29 is 4.42 Å². The maximum Gasteiger partial charge on any atom is 0.196 e. The van der Waals surface area contributed by atoms with Gasteiger partial charge in [0.1, 0.15) is 11.5 Å². The number of aromatic nitrogens is 1. The molecule has 1 aromatic heterocycles. The Hall–Kier alpha value is -1.61. The lowest BCUT2D eigenvalue weighted by molar-refractivity contribution is 0.473. The second kappa shape index (κ2) is 4.49. The first kappa shape index (κ1) is 10.9. The van der Waals surface area contributed by atoms with Gasteiger partial charge in [-0.05, 0) is 13.8 Å². The first-order valence-electron chi connectivity index (χ1n) is 5.44. The third-order valence-corrected chi connectivity index (χ3v) is 2.52. The highest BCUT2D eigenvalue weighted by atomic mass is 16.4. The van der Waals surface area contributed by atoms with Crippen LogP contribution in [0.15, 0.2) is 28.7 Å². The lowest BCUT2D eigenvalue weighted by Gasteiger charge is -1.97. The zero-order chi connectivity index (χ0) is 11.5. The van der Waals surface area contributed by atoms with Crippen LogP contribution in [0.25, 0.3) is 11.3 Å². The monoisotopic (exact) mass is 216 g/mol. The number of hydrogen-bond donors (Lipinski definition) is 1. The van der Waals surface area contributed by atoms with E-state index in [-0.39, 0.29) is 0 Å². The van der Waals surface area contributed by atoms with Crippen LogP contribution in [0.3, 0.4) is 0 Å². The van der Waals surface area contributed by atoms with Gasteiger partial charge in [0.25, 0.3) is 0 Å². The Morgan fingerprint density at radius 2 is 1.88 bits per heavy atom. The molecular weight excluding hydrogens is 200 g/mol. The molecule has 0 spiro atoms. The fraction of sp³-hybridized carbons (Fsp3) is 0.308. The van der Waals surface area contributed by atoms with Gasteiger partial charge in [0.15, 0.2) is 5.89 Å². The molecule has 2 N–H and O–H groups in total. The van der Waals surface area contributed by atoms with Gasteiger partial charge in [0.05, 0.1) is 0 Å². The van der Waals surface area contributed by atoms with Crippen molar-refractivity contribution in [1.82, 2.24) is 4.98 Å². The van der Waals surface area contributed by atoms with E-state index >= 15 is 0 Å². The summed E-state index contributed by atoms with van der Waals surface area (Å²) in [5, 5.41) is 0. The molecule has 0 fully saturated rings. The number of rotatable bonds is 3. The van der Waals surface area contributed by atoms with Crippen LogP contribution >= 0.6 is 0 Å². The first-order valence-corrected chi connectivity index (χ1v) is 5.44. The van der Waals surface area contributed by atoms with E-state index in [1.54, 1.807) is 0 Å². The van der Waals surface area contributed by atoms with Crippen LogP contribution < -0.4 is 5.73 Å². The van der Waals surface area contributed by atoms with Crippen LogP contribution in [-0.4, -0.2) is 11.5 Å². The van der Waals surface area contributed by atoms with Gasteiger partial charge in [-0.25, -0.2) is 4.98 Å². The van der Waals surface area contributed by atoms with E-state index in [1.807, 2.05) is 6.92 Å². The molecule has 0 aliphatic rings. The molecule has 3 heteroatoms. The quantitative estimate of drug-likeness (QED) is 0.857. The van der Waals surface area contributed by atoms with Crippen LogP contribution in [0.1, 0.15) is 17.2 Å². The van der Waals surface area contributed by atoms with Gasteiger partial charge in [-0.15, -0.1) is 0 Å². The summed E-state index contributed by atoms with van der Waals surface area (Å²) in [6, 6.07) is 8.27. The standard InChI is InChI=1S/C13H16N2O/c1-9-3-5-11(6-4-9)13-10(2)16-12(15-13)7-8-14/h3-6H,7-8,14H2,1-2H3. The number of nitrogens with two attached hydrogens (primary N) is 1. The minimum atomic E-state index is 0.563. The zero-order valence-corrected chi connectivity index (χ0v) is 9.66. The molecule has 0 aliphatic heterocycles. The van der Waals surface area contributed by atoms with E-state index in [9.17, 15) is 0 Å². The summed E-state index contributed by atoms with van der Waals surface area (Å²) >= 11 is 0. The van der Waals surface area contributed by atoms with Gasteiger partial charge in [0.2, 0.25) is 0 Å². The maximum absolute atomic E-state index is 5.55. The summed E-state index contributed by atoms with van der Waals surface area (Å²) in [4.78, 5) is 4.45. The Morgan fingerprint density at radius 1 is 1.19 bits per heavy atom. The zero-order valence-electron chi connectivity index (χ0n) is 9.66. The number of aryl methyl sites for hydroxylation is 2. The number of benzene rings is 1. The van der Waals surface area contributed by atoms with Gasteiger partial charge in [0, 0.05) is 18.5 Å². The summed E-state index contributed by atoms with van der Waals surface area (Å²) in [6.07, 6.45) is 0.687. The normalized spacial score (nSPS) is 10.7. The van der Waals surface area contributed by atoms with Crippen LogP contribution in [0, 0.1) is 13.8 Å². The average molecular weight is 216 g/mol. The summed E-state index contributed by atoms with van der Waals surface area (Å²) < 4.78 is 5.55. The molecule has 0 unspecified atom stereocenters. The van der Waals surface area contributed by atoms with Crippen molar-refractivity contribution in [3.8, 4) is 11.3 Å². The van der Waals surface area contributed by atoms with Crippen molar-refractivity contribution in [2.75, 3.05) is 6.54 Å². The molecule has 0 aliphatic carbocycles. The second-order valence-corrected chi connectivity index (χ2v) is 3.92. The molecule has 2 rings (SSSR count). The summed E-state index contributed by atoms with van der Waals surface area (Å²) in [7, 11) is 0. The van der Waals surface area contributed by atoms with Crippen molar-refractivity contribution in [1.29, 1.82) is 0 Å². The SMILES string of the molecule is Cc1ccc(-c2nc(CCN)oc2C)cc1. The highest BCUT2D eigenvalue weighted by Crippen LogP contribution is 2.23. The van der Waals surface area contributed by atoms with Crippen molar-refractivity contribution in [3.63, 3.8) is 0 Å². The van der Waals surface area contributed by atoms with Gasteiger partial charge >= 0.3 is 0 Å². The van der Waals surface area contributed by atoms with Crippen molar-refractivity contribution in [2.45, 2.75) is 20.3 Å². The lowest BCUT2D eigenvalue weighted by Crippen LogP contribution is -2.02. The molecule has 0 saturated heterocycles. The van der Waals surface area contributed by atoms with Gasteiger partial charge in [-0.3, -0.25) is 0 Å². The summed E-state index contributed by atoms with van der Waals surface area (Å²) in [5.41, 5.74) is 8.73. The lowest BCUT2D eigenvalue weighted by atomic mass is 10.1. The number of oxazole rings is 1. The minimum absolute atomic E-state index is 0.563.